The molecule has 0 saturated carbocycles. The fraction of sp³-hybridized carbons (Fsp3) is 0.158. The van der Waals surface area contributed by atoms with Crippen LogP contribution in [0, 0.1) is 5.82 Å². The molecule has 0 bridgehead atoms. The number of fused-ring (bicyclic) bond motifs is 1. The van der Waals surface area contributed by atoms with Gasteiger partial charge < -0.3 is 5.32 Å². The first kappa shape index (κ1) is 16.5. The van der Waals surface area contributed by atoms with Gasteiger partial charge in [0.05, 0.1) is 11.1 Å². The SMILES string of the molecule is O=C(NCCCSc1ccc(F)cc1)c1ccnc2ccccc12. The summed E-state index contributed by atoms with van der Waals surface area (Å²) in [6, 6.07) is 15.8. The molecule has 3 aromatic rings. The van der Waals surface area contributed by atoms with E-state index in [2.05, 4.69) is 10.3 Å². The minimum Gasteiger partial charge on any atom is -0.352 e. The monoisotopic (exact) mass is 340 g/mol. The first-order valence-corrected chi connectivity index (χ1v) is 8.73. The van der Waals surface area contributed by atoms with Crippen molar-refractivity contribution in [1.82, 2.24) is 10.3 Å². The number of hydrogen-bond donors (Lipinski definition) is 1. The fourth-order valence-electron chi connectivity index (χ4n) is 2.38. The summed E-state index contributed by atoms with van der Waals surface area (Å²) >= 11 is 1.65. The largest absolute Gasteiger partial charge is 0.352 e. The van der Waals surface area contributed by atoms with Crippen molar-refractivity contribution in [2.75, 3.05) is 12.3 Å². The summed E-state index contributed by atoms with van der Waals surface area (Å²) in [7, 11) is 0. The quantitative estimate of drug-likeness (QED) is 0.538. The van der Waals surface area contributed by atoms with Crippen LogP contribution in [0.1, 0.15) is 16.8 Å². The van der Waals surface area contributed by atoms with Gasteiger partial charge in [0, 0.05) is 23.0 Å². The zero-order chi connectivity index (χ0) is 16.8. The molecular formula is C19H17FN2OS. The molecule has 0 spiro atoms. The Balaban J connectivity index is 1.49. The van der Waals surface area contributed by atoms with Crippen molar-refractivity contribution in [3.05, 3.63) is 72.2 Å². The Morgan fingerprint density at radius 3 is 2.71 bits per heavy atom. The van der Waals surface area contributed by atoms with Gasteiger partial charge in [0.1, 0.15) is 5.82 Å². The average Bonchev–Trinajstić information content (AvgIpc) is 2.62. The number of para-hydroxylation sites is 1. The summed E-state index contributed by atoms with van der Waals surface area (Å²) in [6.45, 7) is 0.601. The molecule has 122 valence electrons. The Hall–Kier alpha value is -2.40. The van der Waals surface area contributed by atoms with E-state index in [0.717, 1.165) is 28.0 Å². The first-order chi connectivity index (χ1) is 11.7. The molecule has 3 nitrogen and oxygen atoms in total. The molecule has 0 aliphatic carbocycles. The van der Waals surface area contributed by atoms with Crippen molar-refractivity contribution < 1.29 is 9.18 Å². The highest BCUT2D eigenvalue weighted by Crippen LogP contribution is 2.19. The van der Waals surface area contributed by atoms with Gasteiger partial charge >= 0.3 is 0 Å². The predicted molar refractivity (Wildman–Crippen MR) is 95.8 cm³/mol. The zero-order valence-electron chi connectivity index (χ0n) is 13.0. The van der Waals surface area contributed by atoms with Crippen LogP contribution in [0.4, 0.5) is 4.39 Å². The lowest BCUT2D eigenvalue weighted by molar-refractivity contribution is 0.0955. The normalized spacial score (nSPS) is 10.7. The number of hydrogen-bond acceptors (Lipinski definition) is 3. The summed E-state index contributed by atoms with van der Waals surface area (Å²) in [4.78, 5) is 17.6. The second-order valence-corrected chi connectivity index (χ2v) is 6.46. The second kappa shape index (κ2) is 7.93. The topological polar surface area (TPSA) is 42.0 Å². The minimum absolute atomic E-state index is 0.0830. The molecule has 24 heavy (non-hydrogen) atoms. The highest BCUT2D eigenvalue weighted by Gasteiger charge is 2.09. The van der Waals surface area contributed by atoms with Gasteiger partial charge in [0.15, 0.2) is 0 Å². The van der Waals surface area contributed by atoms with Crippen LogP contribution < -0.4 is 5.32 Å². The maximum absolute atomic E-state index is 12.8. The molecule has 0 aliphatic rings. The molecule has 0 fully saturated rings. The Labute approximate surface area is 144 Å². The first-order valence-electron chi connectivity index (χ1n) is 7.74. The number of nitrogens with one attached hydrogen (secondary N) is 1. The Kier molecular flexibility index (Phi) is 5.43. The molecule has 0 atom stereocenters. The van der Waals surface area contributed by atoms with Crippen LogP contribution in [0.3, 0.4) is 0 Å². The Bertz CT molecular complexity index is 831. The average molecular weight is 340 g/mol. The van der Waals surface area contributed by atoms with Crippen LogP contribution in [-0.2, 0) is 0 Å². The van der Waals surface area contributed by atoms with Gasteiger partial charge in [-0.25, -0.2) is 4.39 Å². The van der Waals surface area contributed by atoms with Crippen LogP contribution in [0.5, 0.6) is 0 Å². The number of rotatable bonds is 6. The maximum Gasteiger partial charge on any atom is 0.252 e. The smallest absolute Gasteiger partial charge is 0.252 e. The van der Waals surface area contributed by atoms with Crippen LogP contribution in [0.2, 0.25) is 0 Å². The molecule has 1 heterocycles. The van der Waals surface area contributed by atoms with Gasteiger partial charge in [0.25, 0.3) is 5.91 Å². The van der Waals surface area contributed by atoms with Crippen molar-refractivity contribution in [3.63, 3.8) is 0 Å². The fourth-order valence-corrected chi connectivity index (χ4v) is 3.24. The van der Waals surface area contributed by atoms with Gasteiger partial charge in [-0.3, -0.25) is 9.78 Å². The van der Waals surface area contributed by atoms with Gasteiger partial charge in [0.2, 0.25) is 0 Å². The summed E-state index contributed by atoms with van der Waals surface area (Å²) in [5.41, 5.74) is 1.46. The lowest BCUT2D eigenvalue weighted by Crippen LogP contribution is -2.25. The van der Waals surface area contributed by atoms with E-state index in [9.17, 15) is 9.18 Å². The summed E-state index contributed by atoms with van der Waals surface area (Å²) in [5, 5.41) is 3.81. The third-order valence-electron chi connectivity index (χ3n) is 3.58. The number of carbonyl (C=O) groups excluding carboxylic acids is 1. The van der Waals surface area contributed by atoms with Crippen LogP contribution in [0.25, 0.3) is 10.9 Å². The maximum atomic E-state index is 12.8. The summed E-state index contributed by atoms with van der Waals surface area (Å²) in [5.74, 6) is 0.555. The standard InChI is InChI=1S/C19H17FN2OS/c20-14-6-8-15(9-7-14)24-13-3-11-22-19(23)17-10-12-21-18-5-2-1-4-16(17)18/h1-2,4-10,12H,3,11,13H2,(H,22,23). The van der Waals surface area contributed by atoms with Crippen molar-refractivity contribution >= 4 is 28.6 Å². The van der Waals surface area contributed by atoms with E-state index in [4.69, 9.17) is 0 Å². The molecule has 1 N–H and O–H groups in total. The van der Waals surface area contributed by atoms with E-state index in [-0.39, 0.29) is 11.7 Å². The number of amides is 1. The number of pyridine rings is 1. The van der Waals surface area contributed by atoms with Crippen LogP contribution >= 0.6 is 11.8 Å². The summed E-state index contributed by atoms with van der Waals surface area (Å²) in [6.07, 6.45) is 2.50. The van der Waals surface area contributed by atoms with Gasteiger partial charge in [-0.15, -0.1) is 11.8 Å². The Morgan fingerprint density at radius 1 is 1.08 bits per heavy atom. The van der Waals surface area contributed by atoms with E-state index in [1.54, 1.807) is 36.2 Å². The van der Waals surface area contributed by atoms with E-state index in [1.807, 2.05) is 24.3 Å². The van der Waals surface area contributed by atoms with E-state index in [0.29, 0.717) is 12.1 Å². The molecule has 1 amide bonds. The van der Waals surface area contributed by atoms with Crippen LogP contribution in [-0.4, -0.2) is 23.2 Å². The number of aromatic nitrogens is 1. The lowest BCUT2D eigenvalue weighted by atomic mass is 10.1. The number of benzene rings is 2. The molecular weight excluding hydrogens is 323 g/mol. The van der Waals surface area contributed by atoms with E-state index in [1.165, 1.54) is 12.1 Å². The molecule has 2 aromatic carbocycles. The van der Waals surface area contributed by atoms with Crippen molar-refractivity contribution in [3.8, 4) is 0 Å². The molecule has 0 radical (unpaired) electrons. The highest BCUT2D eigenvalue weighted by atomic mass is 32.2. The Morgan fingerprint density at radius 2 is 1.88 bits per heavy atom. The van der Waals surface area contributed by atoms with Gasteiger partial charge in [-0.2, -0.15) is 0 Å². The molecule has 1 aromatic heterocycles. The number of halogens is 1. The molecule has 0 unspecified atom stereocenters. The molecule has 3 rings (SSSR count). The predicted octanol–water partition coefficient (Wildman–Crippen LogP) is 4.29. The third-order valence-corrected chi connectivity index (χ3v) is 4.68. The number of carbonyl (C=O) groups is 1. The van der Waals surface area contributed by atoms with Crippen molar-refractivity contribution in [2.24, 2.45) is 0 Å². The molecule has 0 saturated heterocycles. The number of nitrogens with zero attached hydrogens (tertiary/aromatic N) is 1. The van der Waals surface area contributed by atoms with Crippen molar-refractivity contribution in [1.29, 1.82) is 0 Å². The molecule has 0 aliphatic heterocycles. The van der Waals surface area contributed by atoms with E-state index >= 15 is 0 Å². The second-order valence-electron chi connectivity index (χ2n) is 5.29. The highest BCUT2D eigenvalue weighted by molar-refractivity contribution is 7.99. The van der Waals surface area contributed by atoms with Crippen molar-refractivity contribution in [2.45, 2.75) is 11.3 Å². The summed E-state index contributed by atoms with van der Waals surface area (Å²) < 4.78 is 12.8. The lowest BCUT2D eigenvalue weighted by Gasteiger charge is -2.07. The van der Waals surface area contributed by atoms with Gasteiger partial charge in [-0.1, -0.05) is 18.2 Å². The van der Waals surface area contributed by atoms with Crippen LogP contribution in [0.15, 0.2) is 65.7 Å². The number of thioether (sulfide) groups is 1. The third kappa shape index (κ3) is 4.11. The minimum atomic E-state index is -0.226. The van der Waals surface area contributed by atoms with E-state index < -0.39 is 0 Å². The molecule has 5 heteroatoms. The van der Waals surface area contributed by atoms with Gasteiger partial charge in [-0.05, 0) is 48.6 Å². The zero-order valence-corrected chi connectivity index (χ0v) is 13.9.